The van der Waals surface area contributed by atoms with E-state index < -0.39 is 12.2 Å². The summed E-state index contributed by atoms with van der Waals surface area (Å²) in [4.78, 5) is 8.64. The highest BCUT2D eigenvalue weighted by Crippen LogP contribution is 2.33. The smallest absolute Gasteiger partial charge is 0.180 e. The molecule has 2 atom stereocenters. The molecule has 2 unspecified atom stereocenters. The lowest BCUT2D eigenvalue weighted by Crippen LogP contribution is -2.13. The fourth-order valence-electron chi connectivity index (χ4n) is 4.06. The van der Waals surface area contributed by atoms with Gasteiger partial charge in [-0.15, -0.1) is 22.7 Å². The number of aryl methyl sites for hydroxylation is 4. The van der Waals surface area contributed by atoms with E-state index in [2.05, 4.69) is 9.97 Å². The van der Waals surface area contributed by atoms with Crippen LogP contribution < -0.4 is 20.9 Å². The quantitative estimate of drug-likeness (QED) is 0.222. The summed E-state index contributed by atoms with van der Waals surface area (Å²) in [6.07, 6.45) is -0.947. The number of rotatable bonds is 8. The molecule has 204 valence electrons. The van der Waals surface area contributed by atoms with Crippen LogP contribution in [0.25, 0.3) is 22.5 Å². The Hall–Kier alpha value is -3.18. The Kier molecular flexibility index (Phi) is 10.1. The number of nitrogen functional groups attached to an aromatic ring is 2. The molecular formula is C28H36N4O4S2. The van der Waals surface area contributed by atoms with Crippen LogP contribution in [0.5, 0.6) is 11.5 Å². The van der Waals surface area contributed by atoms with Gasteiger partial charge in [-0.05, 0) is 88.1 Å². The van der Waals surface area contributed by atoms with Gasteiger partial charge in [-0.1, -0.05) is 0 Å². The van der Waals surface area contributed by atoms with Crippen molar-refractivity contribution in [3.05, 3.63) is 57.3 Å². The molecule has 0 amide bonds. The Morgan fingerprint density at radius 2 is 1.00 bits per heavy atom. The second kappa shape index (κ2) is 13.1. The van der Waals surface area contributed by atoms with Gasteiger partial charge < -0.3 is 31.2 Å². The zero-order chi connectivity index (χ0) is 28.0. The number of nitrogens with two attached hydrogens (primary N) is 2. The molecule has 0 bridgehead atoms. The van der Waals surface area contributed by atoms with Crippen molar-refractivity contribution < 1.29 is 19.7 Å². The Morgan fingerprint density at radius 1 is 0.684 bits per heavy atom. The summed E-state index contributed by atoms with van der Waals surface area (Å²) in [5.41, 5.74) is 19.7. The van der Waals surface area contributed by atoms with Crippen LogP contribution in [0.1, 0.15) is 36.1 Å². The Labute approximate surface area is 231 Å². The van der Waals surface area contributed by atoms with Gasteiger partial charge >= 0.3 is 0 Å². The highest BCUT2D eigenvalue weighted by Gasteiger charge is 2.13. The monoisotopic (exact) mass is 556 g/mol. The summed E-state index contributed by atoms with van der Waals surface area (Å²) >= 11 is 2.87. The maximum Gasteiger partial charge on any atom is 0.180 e. The van der Waals surface area contributed by atoms with Crippen molar-refractivity contribution in [2.45, 2.75) is 53.8 Å². The second-order valence-electron chi connectivity index (χ2n) is 9.33. The van der Waals surface area contributed by atoms with Crippen LogP contribution in [0, 0.1) is 27.7 Å². The van der Waals surface area contributed by atoms with E-state index in [9.17, 15) is 10.2 Å². The number of aliphatic hydroxyl groups excluding tert-OH is 2. The molecule has 0 radical (unpaired) electrons. The molecule has 2 aromatic carbocycles. The number of thiazole rings is 2. The standard InChI is InChI=1S/2C14H18N2O2S/c2*1-8-4-11(18-6-10(3)17)5-9(2)13(8)12-7-19-14(15)16-12/h2*4-5,7,10,17H,6H2,1-3H3,(H2,15,16). The average Bonchev–Trinajstić information content (AvgIpc) is 3.44. The van der Waals surface area contributed by atoms with Crippen LogP contribution in [0.2, 0.25) is 0 Å². The van der Waals surface area contributed by atoms with E-state index >= 15 is 0 Å². The van der Waals surface area contributed by atoms with E-state index in [-0.39, 0.29) is 0 Å². The molecule has 0 saturated carbocycles. The Balaban J connectivity index is 0.000000211. The molecule has 10 heteroatoms. The molecule has 38 heavy (non-hydrogen) atoms. The van der Waals surface area contributed by atoms with Crippen molar-refractivity contribution in [1.82, 2.24) is 9.97 Å². The van der Waals surface area contributed by atoms with Crippen LogP contribution >= 0.6 is 22.7 Å². The second-order valence-corrected chi connectivity index (χ2v) is 11.1. The molecule has 0 aliphatic carbocycles. The zero-order valence-electron chi connectivity index (χ0n) is 22.6. The minimum Gasteiger partial charge on any atom is -0.491 e. The first-order valence-electron chi connectivity index (χ1n) is 12.2. The van der Waals surface area contributed by atoms with Crippen molar-refractivity contribution in [2.24, 2.45) is 0 Å². The molecule has 0 fully saturated rings. The van der Waals surface area contributed by atoms with Crippen LogP contribution in [-0.4, -0.2) is 45.6 Å². The first-order chi connectivity index (χ1) is 17.9. The van der Waals surface area contributed by atoms with E-state index in [1.54, 1.807) is 13.8 Å². The summed E-state index contributed by atoms with van der Waals surface area (Å²) < 4.78 is 11.1. The third-order valence-corrected chi connectivity index (χ3v) is 6.90. The molecule has 0 spiro atoms. The SMILES string of the molecule is Cc1cc(OCC(C)O)cc(C)c1-c1csc(N)n1.Cc1cc(OCC(C)O)cc(C)c1-c1csc(N)n1. The van der Waals surface area contributed by atoms with Crippen LogP contribution in [0.4, 0.5) is 10.3 Å². The summed E-state index contributed by atoms with van der Waals surface area (Å²) in [7, 11) is 0. The highest BCUT2D eigenvalue weighted by molar-refractivity contribution is 7.14. The van der Waals surface area contributed by atoms with Crippen molar-refractivity contribution in [2.75, 3.05) is 24.7 Å². The summed E-state index contributed by atoms with van der Waals surface area (Å²) in [6.45, 7) is 12.1. The molecule has 0 aliphatic rings. The predicted octanol–water partition coefficient (Wildman–Crippen LogP) is 5.54. The number of aliphatic hydroxyl groups is 2. The maximum absolute atomic E-state index is 9.24. The molecule has 4 rings (SSSR count). The molecule has 4 aromatic rings. The number of hydrogen-bond donors (Lipinski definition) is 4. The number of nitrogens with zero attached hydrogens (tertiary/aromatic N) is 2. The normalized spacial score (nSPS) is 12.4. The summed E-state index contributed by atoms with van der Waals surface area (Å²) in [5.74, 6) is 1.53. The lowest BCUT2D eigenvalue weighted by atomic mass is 10.0. The fraction of sp³-hybridized carbons (Fsp3) is 0.357. The summed E-state index contributed by atoms with van der Waals surface area (Å²) in [6, 6.07) is 7.83. The number of anilines is 2. The average molecular weight is 557 g/mol. The van der Waals surface area contributed by atoms with E-state index in [0.717, 1.165) is 56.3 Å². The molecule has 2 aromatic heterocycles. The van der Waals surface area contributed by atoms with Gasteiger partial charge in [0.15, 0.2) is 10.3 Å². The number of ether oxygens (including phenoxy) is 2. The number of aromatic nitrogens is 2. The first kappa shape index (κ1) is 29.4. The molecule has 0 aliphatic heterocycles. The number of benzene rings is 2. The maximum atomic E-state index is 9.24. The van der Waals surface area contributed by atoms with Crippen molar-refractivity contribution in [3.63, 3.8) is 0 Å². The third-order valence-electron chi connectivity index (χ3n) is 5.55. The highest BCUT2D eigenvalue weighted by atomic mass is 32.1. The van der Waals surface area contributed by atoms with Crippen molar-refractivity contribution in [1.29, 1.82) is 0 Å². The minimum atomic E-state index is -0.473. The molecule has 8 nitrogen and oxygen atoms in total. The van der Waals surface area contributed by atoms with Gasteiger partial charge in [0, 0.05) is 21.9 Å². The predicted molar refractivity (Wildman–Crippen MR) is 157 cm³/mol. The lowest BCUT2D eigenvalue weighted by Gasteiger charge is -2.13. The van der Waals surface area contributed by atoms with Crippen LogP contribution in [-0.2, 0) is 0 Å². The van der Waals surface area contributed by atoms with E-state index in [1.165, 1.54) is 22.7 Å². The van der Waals surface area contributed by atoms with Crippen LogP contribution in [0.3, 0.4) is 0 Å². The topological polar surface area (TPSA) is 137 Å². The molecule has 6 N–H and O–H groups in total. The van der Waals surface area contributed by atoms with Gasteiger partial charge in [-0.25, -0.2) is 9.97 Å². The van der Waals surface area contributed by atoms with Crippen molar-refractivity contribution >= 4 is 32.9 Å². The molecular weight excluding hydrogens is 520 g/mol. The van der Waals surface area contributed by atoms with Gasteiger partial charge in [-0.3, -0.25) is 0 Å². The first-order valence-corrected chi connectivity index (χ1v) is 14.0. The van der Waals surface area contributed by atoms with E-state index in [1.807, 2.05) is 62.7 Å². The summed E-state index contributed by atoms with van der Waals surface area (Å²) in [5, 5.41) is 23.5. The van der Waals surface area contributed by atoms with E-state index in [0.29, 0.717) is 23.5 Å². The van der Waals surface area contributed by atoms with Gasteiger partial charge in [-0.2, -0.15) is 0 Å². The van der Waals surface area contributed by atoms with Gasteiger partial charge in [0.2, 0.25) is 0 Å². The van der Waals surface area contributed by atoms with Crippen LogP contribution in [0.15, 0.2) is 35.0 Å². The molecule has 2 heterocycles. The lowest BCUT2D eigenvalue weighted by molar-refractivity contribution is 0.122. The number of hydrogen-bond acceptors (Lipinski definition) is 10. The zero-order valence-corrected chi connectivity index (χ0v) is 24.2. The molecule has 0 saturated heterocycles. The minimum absolute atomic E-state index is 0.294. The van der Waals surface area contributed by atoms with Gasteiger partial charge in [0.25, 0.3) is 0 Å². The largest absolute Gasteiger partial charge is 0.491 e. The van der Waals surface area contributed by atoms with Gasteiger partial charge in [0.1, 0.15) is 24.7 Å². The van der Waals surface area contributed by atoms with E-state index in [4.69, 9.17) is 20.9 Å². The van der Waals surface area contributed by atoms with Crippen molar-refractivity contribution in [3.8, 4) is 34.0 Å². The fourth-order valence-corrected chi connectivity index (χ4v) is 5.17. The Bertz CT molecular complexity index is 1210. The third kappa shape index (κ3) is 7.91. The Morgan fingerprint density at radius 3 is 1.24 bits per heavy atom. The van der Waals surface area contributed by atoms with Gasteiger partial charge in [0.05, 0.1) is 23.6 Å².